The van der Waals surface area contributed by atoms with Gasteiger partial charge in [0, 0.05) is 6.42 Å². The molecule has 0 spiro atoms. The molecule has 0 radical (unpaired) electrons. The van der Waals surface area contributed by atoms with E-state index in [0.29, 0.717) is 18.9 Å². The lowest BCUT2D eigenvalue weighted by molar-refractivity contribution is -0.111. The third-order valence-corrected chi connectivity index (χ3v) is 3.55. The summed E-state index contributed by atoms with van der Waals surface area (Å²) in [4.78, 5) is 10.6. The highest BCUT2D eigenvalue weighted by Gasteiger charge is 2.25. The van der Waals surface area contributed by atoms with Crippen molar-refractivity contribution in [2.45, 2.75) is 44.8 Å². The minimum absolute atomic E-state index is 0.272. The van der Waals surface area contributed by atoms with Crippen molar-refractivity contribution in [3.8, 4) is 0 Å². The molecule has 0 aliphatic heterocycles. The first-order valence-electron chi connectivity index (χ1n) is 6.49. The van der Waals surface area contributed by atoms with Gasteiger partial charge < -0.3 is 9.53 Å². The van der Waals surface area contributed by atoms with Crippen molar-refractivity contribution in [3.63, 3.8) is 0 Å². The van der Waals surface area contributed by atoms with E-state index in [4.69, 9.17) is 4.74 Å². The number of carbonyl (C=O) groups excluding carboxylic acids is 1. The van der Waals surface area contributed by atoms with Crippen LogP contribution in [-0.2, 0) is 16.1 Å². The first kappa shape index (κ1) is 12.3. The smallest absolute Gasteiger partial charge is 0.120 e. The zero-order valence-electron chi connectivity index (χ0n) is 10.2. The van der Waals surface area contributed by atoms with E-state index in [1.54, 1.807) is 0 Å². The van der Waals surface area contributed by atoms with Crippen LogP contribution in [0.25, 0.3) is 0 Å². The van der Waals surface area contributed by atoms with Crippen LogP contribution in [0.3, 0.4) is 0 Å². The van der Waals surface area contributed by atoms with Gasteiger partial charge in [0.1, 0.15) is 6.29 Å². The number of aldehydes is 1. The molecule has 2 rings (SSSR count). The average molecular weight is 232 g/mol. The maximum absolute atomic E-state index is 10.6. The third-order valence-electron chi connectivity index (χ3n) is 3.55. The molecule has 2 heteroatoms. The third kappa shape index (κ3) is 3.67. The van der Waals surface area contributed by atoms with Crippen LogP contribution in [0, 0.1) is 5.92 Å². The molecule has 17 heavy (non-hydrogen) atoms. The summed E-state index contributed by atoms with van der Waals surface area (Å²) in [5.74, 6) is 0.435. The fourth-order valence-electron chi connectivity index (χ4n) is 2.56. The van der Waals surface area contributed by atoms with E-state index in [0.717, 1.165) is 19.1 Å². The molecule has 2 atom stereocenters. The average Bonchev–Trinajstić information content (AvgIpc) is 2.39. The summed E-state index contributed by atoms with van der Waals surface area (Å²) in [6, 6.07) is 10.2. The second-order valence-corrected chi connectivity index (χ2v) is 4.78. The molecule has 2 nitrogen and oxygen atoms in total. The minimum Gasteiger partial charge on any atom is -0.373 e. The Balaban J connectivity index is 1.86. The normalized spacial score (nSPS) is 24.5. The van der Waals surface area contributed by atoms with E-state index in [2.05, 4.69) is 12.1 Å². The highest BCUT2D eigenvalue weighted by atomic mass is 16.5. The topological polar surface area (TPSA) is 26.3 Å². The monoisotopic (exact) mass is 232 g/mol. The molecule has 0 saturated heterocycles. The van der Waals surface area contributed by atoms with Gasteiger partial charge in [-0.3, -0.25) is 0 Å². The Morgan fingerprint density at radius 2 is 1.94 bits per heavy atom. The molecule has 0 amide bonds. The van der Waals surface area contributed by atoms with Gasteiger partial charge in [-0.2, -0.15) is 0 Å². The van der Waals surface area contributed by atoms with Gasteiger partial charge in [0.15, 0.2) is 0 Å². The van der Waals surface area contributed by atoms with Crippen LogP contribution < -0.4 is 0 Å². The first-order valence-corrected chi connectivity index (χ1v) is 6.49. The van der Waals surface area contributed by atoms with Crippen molar-refractivity contribution >= 4 is 6.29 Å². The summed E-state index contributed by atoms with van der Waals surface area (Å²) in [6.07, 6.45) is 6.67. The lowest BCUT2D eigenvalue weighted by atomic mass is 9.84. The maximum Gasteiger partial charge on any atom is 0.120 e. The Morgan fingerprint density at radius 3 is 2.71 bits per heavy atom. The second kappa shape index (κ2) is 6.55. The van der Waals surface area contributed by atoms with Crippen molar-refractivity contribution in [1.29, 1.82) is 0 Å². The van der Waals surface area contributed by atoms with Crippen LogP contribution >= 0.6 is 0 Å². The summed E-state index contributed by atoms with van der Waals surface area (Å²) in [7, 11) is 0. The summed E-state index contributed by atoms with van der Waals surface area (Å²) < 4.78 is 5.98. The molecule has 0 N–H and O–H groups in total. The van der Waals surface area contributed by atoms with Crippen molar-refractivity contribution < 1.29 is 9.53 Å². The number of hydrogen-bond acceptors (Lipinski definition) is 2. The zero-order valence-corrected chi connectivity index (χ0v) is 10.2. The molecule has 0 aromatic heterocycles. The molecule has 92 valence electrons. The first-order chi connectivity index (χ1) is 8.40. The Labute approximate surface area is 103 Å². The van der Waals surface area contributed by atoms with E-state index in [-0.39, 0.29) is 6.10 Å². The van der Waals surface area contributed by atoms with Gasteiger partial charge in [-0.1, -0.05) is 43.2 Å². The van der Waals surface area contributed by atoms with Crippen LogP contribution in [-0.4, -0.2) is 12.4 Å². The fraction of sp³-hybridized carbons (Fsp3) is 0.533. The Morgan fingerprint density at radius 1 is 1.18 bits per heavy atom. The molecule has 0 bridgehead atoms. The van der Waals surface area contributed by atoms with E-state index in [1.165, 1.54) is 18.4 Å². The van der Waals surface area contributed by atoms with Gasteiger partial charge in [0.2, 0.25) is 0 Å². The molecule has 0 heterocycles. The summed E-state index contributed by atoms with van der Waals surface area (Å²) in [6.45, 7) is 0.668. The Bertz CT molecular complexity index is 334. The van der Waals surface area contributed by atoms with Crippen LogP contribution in [0.1, 0.15) is 37.7 Å². The second-order valence-electron chi connectivity index (χ2n) is 4.78. The Kier molecular flexibility index (Phi) is 4.75. The van der Waals surface area contributed by atoms with Crippen molar-refractivity contribution in [2.24, 2.45) is 5.92 Å². The molecule has 1 aromatic rings. The van der Waals surface area contributed by atoms with E-state index in [1.807, 2.05) is 18.2 Å². The highest BCUT2D eigenvalue weighted by molar-refractivity contribution is 5.49. The van der Waals surface area contributed by atoms with Crippen molar-refractivity contribution in [3.05, 3.63) is 35.9 Å². The molecule has 1 fully saturated rings. The maximum atomic E-state index is 10.6. The van der Waals surface area contributed by atoms with Gasteiger partial charge >= 0.3 is 0 Å². The predicted octanol–water partition coefficient (Wildman–Crippen LogP) is 3.35. The van der Waals surface area contributed by atoms with Gasteiger partial charge in [-0.15, -0.1) is 0 Å². The molecule has 1 aliphatic carbocycles. The summed E-state index contributed by atoms with van der Waals surface area (Å²) in [5.41, 5.74) is 1.21. The summed E-state index contributed by atoms with van der Waals surface area (Å²) in [5, 5.41) is 0. The van der Waals surface area contributed by atoms with Crippen molar-refractivity contribution in [1.82, 2.24) is 0 Å². The largest absolute Gasteiger partial charge is 0.373 e. The van der Waals surface area contributed by atoms with Gasteiger partial charge in [0.05, 0.1) is 12.7 Å². The Hall–Kier alpha value is -1.15. The lowest BCUT2D eigenvalue weighted by Gasteiger charge is -2.30. The SMILES string of the molecule is O=CC[C@@H]1CCCC[C@@H]1OCc1ccccc1. The van der Waals surface area contributed by atoms with Crippen LogP contribution in [0.5, 0.6) is 0 Å². The molecule has 1 saturated carbocycles. The number of hydrogen-bond donors (Lipinski definition) is 0. The minimum atomic E-state index is 0.272. The van der Waals surface area contributed by atoms with E-state index >= 15 is 0 Å². The lowest BCUT2D eigenvalue weighted by Crippen LogP contribution is -2.27. The highest BCUT2D eigenvalue weighted by Crippen LogP contribution is 2.29. The van der Waals surface area contributed by atoms with Crippen molar-refractivity contribution in [2.75, 3.05) is 0 Å². The van der Waals surface area contributed by atoms with Crippen LogP contribution in [0.2, 0.25) is 0 Å². The molecule has 1 aromatic carbocycles. The van der Waals surface area contributed by atoms with Gasteiger partial charge in [0.25, 0.3) is 0 Å². The zero-order chi connectivity index (χ0) is 11.9. The van der Waals surface area contributed by atoms with Gasteiger partial charge in [-0.05, 0) is 24.3 Å². The predicted molar refractivity (Wildman–Crippen MR) is 67.7 cm³/mol. The van der Waals surface area contributed by atoms with E-state index in [9.17, 15) is 4.79 Å². The van der Waals surface area contributed by atoms with Crippen LogP contribution in [0.4, 0.5) is 0 Å². The van der Waals surface area contributed by atoms with Crippen LogP contribution in [0.15, 0.2) is 30.3 Å². The van der Waals surface area contributed by atoms with Gasteiger partial charge in [-0.25, -0.2) is 0 Å². The molecular weight excluding hydrogens is 212 g/mol. The molecule has 1 aliphatic rings. The number of ether oxygens (including phenoxy) is 1. The number of benzene rings is 1. The summed E-state index contributed by atoms with van der Waals surface area (Å²) >= 11 is 0. The molecular formula is C15H20O2. The fourth-order valence-corrected chi connectivity index (χ4v) is 2.56. The van der Waals surface area contributed by atoms with E-state index < -0.39 is 0 Å². The quantitative estimate of drug-likeness (QED) is 0.728. The number of carbonyl (C=O) groups is 1. The number of rotatable bonds is 5. The molecule has 0 unspecified atom stereocenters. The standard InChI is InChI=1S/C15H20O2/c16-11-10-14-8-4-5-9-15(14)17-12-13-6-2-1-3-7-13/h1-3,6-7,11,14-15H,4-5,8-10,12H2/t14-,15-/m0/s1.